The first-order valence-corrected chi connectivity index (χ1v) is 11.3. The highest BCUT2D eigenvalue weighted by atomic mass is 35.5. The van der Waals surface area contributed by atoms with Crippen molar-refractivity contribution < 1.29 is 9.59 Å². The number of thioether (sulfide) groups is 1. The van der Waals surface area contributed by atoms with Gasteiger partial charge in [0.2, 0.25) is 11.8 Å². The second-order valence-electron chi connectivity index (χ2n) is 6.96. The molecule has 0 aliphatic carbocycles. The summed E-state index contributed by atoms with van der Waals surface area (Å²) in [5.41, 5.74) is 0. The van der Waals surface area contributed by atoms with Crippen LogP contribution in [0.4, 0.5) is 5.82 Å². The van der Waals surface area contributed by atoms with E-state index in [4.69, 9.17) is 11.6 Å². The molecule has 0 aromatic carbocycles. The van der Waals surface area contributed by atoms with Gasteiger partial charge in [-0.3, -0.25) is 9.59 Å². The summed E-state index contributed by atoms with van der Waals surface area (Å²) in [6, 6.07) is 1.85. The summed E-state index contributed by atoms with van der Waals surface area (Å²) in [6.07, 6.45) is 3.47. The standard InChI is InChI=1S/C19H30ClN5O2S/c1-4-6-7-18(27)25-10-9-24(12-14(25)3)16-11-15(20)22-19(23-16)28-13-17(26)21-8-5-2/h11,14H,4-10,12-13H2,1-3H3,(H,21,26)/t14-/m1/s1. The van der Waals surface area contributed by atoms with Crippen LogP contribution in [-0.2, 0) is 9.59 Å². The average Bonchev–Trinajstić information content (AvgIpc) is 2.68. The number of aromatic nitrogens is 2. The number of nitrogens with one attached hydrogen (secondary N) is 1. The minimum Gasteiger partial charge on any atom is -0.355 e. The fourth-order valence-corrected chi connectivity index (χ4v) is 3.98. The number of unbranched alkanes of at least 4 members (excludes halogenated alkanes) is 1. The van der Waals surface area contributed by atoms with E-state index in [2.05, 4.69) is 34.0 Å². The van der Waals surface area contributed by atoms with E-state index in [-0.39, 0.29) is 23.6 Å². The van der Waals surface area contributed by atoms with E-state index in [0.717, 1.165) is 25.1 Å². The second-order valence-corrected chi connectivity index (χ2v) is 8.29. The van der Waals surface area contributed by atoms with Crippen LogP contribution in [0.15, 0.2) is 11.2 Å². The molecule has 28 heavy (non-hydrogen) atoms. The monoisotopic (exact) mass is 427 g/mol. The number of anilines is 1. The summed E-state index contributed by atoms with van der Waals surface area (Å²) in [5, 5.41) is 3.68. The number of carbonyl (C=O) groups is 2. The Morgan fingerprint density at radius 2 is 2.07 bits per heavy atom. The van der Waals surface area contributed by atoms with Gasteiger partial charge in [-0.2, -0.15) is 0 Å². The minimum atomic E-state index is -0.0372. The van der Waals surface area contributed by atoms with Gasteiger partial charge in [0.1, 0.15) is 11.0 Å². The van der Waals surface area contributed by atoms with E-state index >= 15 is 0 Å². The van der Waals surface area contributed by atoms with Gasteiger partial charge in [0, 0.05) is 44.7 Å². The molecule has 0 bridgehead atoms. The summed E-state index contributed by atoms with van der Waals surface area (Å²) in [7, 11) is 0. The number of nitrogens with zero attached hydrogens (tertiary/aromatic N) is 4. The van der Waals surface area contributed by atoms with E-state index in [1.165, 1.54) is 11.8 Å². The maximum absolute atomic E-state index is 12.4. The van der Waals surface area contributed by atoms with Gasteiger partial charge in [0.05, 0.1) is 5.75 Å². The molecule has 1 aromatic heterocycles. The van der Waals surface area contributed by atoms with Crippen LogP contribution in [0.1, 0.15) is 46.5 Å². The van der Waals surface area contributed by atoms with Gasteiger partial charge >= 0.3 is 0 Å². The fraction of sp³-hybridized carbons (Fsp3) is 0.684. The molecule has 1 atom stereocenters. The average molecular weight is 428 g/mol. The predicted molar refractivity (Wildman–Crippen MR) is 114 cm³/mol. The van der Waals surface area contributed by atoms with Crippen molar-refractivity contribution in [3.8, 4) is 0 Å². The molecule has 0 radical (unpaired) electrons. The molecule has 1 aromatic rings. The van der Waals surface area contributed by atoms with Crippen molar-refractivity contribution in [2.45, 2.75) is 57.7 Å². The Bertz CT molecular complexity index is 676. The highest BCUT2D eigenvalue weighted by Crippen LogP contribution is 2.24. The Kier molecular flexibility index (Phi) is 9.31. The van der Waals surface area contributed by atoms with Crippen molar-refractivity contribution in [1.29, 1.82) is 0 Å². The molecule has 0 saturated carbocycles. The number of hydrogen-bond acceptors (Lipinski definition) is 6. The number of halogens is 1. The van der Waals surface area contributed by atoms with Crippen LogP contribution in [0.3, 0.4) is 0 Å². The minimum absolute atomic E-state index is 0.0372. The van der Waals surface area contributed by atoms with Crippen molar-refractivity contribution in [1.82, 2.24) is 20.2 Å². The lowest BCUT2D eigenvalue weighted by Crippen LogP contribution is -2.54. The van der Waals surface area contributed by atoms with Gasteiger partial charge in [-0.15, -0.1) is 0 Å². The molecule has 1 aliphatic heterocycles. The van der Waals surface area contributed by atoms with Crippen LogP contribution in [0.25, 0.3) is 0 Å². The van der Waals surface area contributed by atoms with Gasteiger partial charge in [-0.25, -0.2) is 9.97 Å². The third-order valence-corrected chi connectivity index (χ3v) is 5.62. The third-order valence-electron chi connectivity index (χ3n) is 4.58. The molecule has 1 aliphatic rings. The Balaban J connectivity index is 1.97. The molecule has 0 unspecified atom stereocenters. The molecular weight excluding hydrogens is 398 g/mol. The van der Waals surface area contributed by atoms with Crippen molar-refractivity contribution in [3.05, 3.63) is 11.2 Å². The molecule has 2 heterocycles. The number of rotatable bonds is 9. The maximum atomic E-state index is 12.4. The number of amides is 2. The highest BCUT2D eigenvalue weighted by molar-refractivity contribution is 7.99. The van der Waals surface area contributed by atoms with Crippen molar-refractivity contribution in [3.63, 3.8) is 0 Å². The smallest absolute Gasteiger partial charge is 0.230 e. The largest absolute Gasteiger partial charge is 0.355 e. The van der Waals surface area contributed by atoms with E-state index in [1.807, 2.05) is 11.8 Å². The van der Waals surface area contributed by atoms with Gasteiger partial charge < -0.3 is 15.1 Å². The lowest BCUT2D eigenvalue weighted by atomic mass is 10.1. The van der Waals surface area contributed by atoms with Crippen LogP contribution in [0.2, 0.25) is 5.15 Å². The molecule has 1 fully saturated rings. The Hall–Kier alpha value is -1.54. The Labute approximate surface area is 176 Å². The van der Waals surface area contributed by atoms with Crippen molar-refractivity contribution in [2.24, 2.45) is 0 Å². The number of carbonyl (C=O) groups excluding carboxylic acids is 2. The molecule has 7 nitrogen and oxygen atoms in total. The quantitative estimate of drug-likeness (QED) is 0.371. The zero-order valence-corrected chi connectivity index (χ0v) is 18.5. The normalized spacial score (nSPS) is 16.9. The van der Waals surface area contributed by atoms with Crippen LogP contribution >= 0.6 is 23.4 Å². The predicted octanol–water partition coefficient (Wildman–Crippen LogP) is 2.98. The third kappa shape index (κ3) is 6.81. The topological polar surface area (TPSA) is 78.4 Å². The fourth-order valence-electron chi connectivity index (χ4n) is 3.07. The maximum Gasteiger partial charge on any atom is 0.230 e. The molecule has 1 N–H and O–H groups in total. The van der Waals surface area contributed by atoms with Gasteiger partial charge in [0.15, 0.2) is 5.16 Å². The Morgan fingerprint density at radius 3 is 2.75 bits per heavy atom. The summed E-state index contributed by atoms with van der Waals surface area (Å²) >= 11 is 7.46. The molecule has 0 spiro atoms. The van der Waals surface area contributed by atoms with E-state index in [9.17, 15) is 9.59 Å². The Morgan fingerprint density at radius 1 is 1.29 bits per heavy atom. The van der Waals surface area contributed by atoms with Crippen LogP contribution in [0.5, 0.6) is 0 Å². The second kappa shape index (κ2) is 11.5. The van der Waals surface area contributed by atoms with E-state index in [1.54, 1.807) is 6.07 Å². The van der Waals surface area contributed by atoms with Gasteiger partial charge in [-0.05, 0) is 19.8 Å². The van der Waals surface area contributed by atoms with Gasteiger partial charge in [0.25, 0.3) is 0 Å². The first kappa shape index (κ1) is 22.7. The lowest BCUT2D eigenvalue weighted by Gasteiger charge is -2.40. The van der Waals surface area contributed by atoms with E-state index in [0.29, 0.717) is 42.9 Å². The number of hydrogen-bond donors (Lipinski definition) is 1. The lowest BCUT2D eigenvalue weighted by molar-refractivity contribution is -0.133. The summed E-state index contributed by atoms with van der Waals surface area (Å²) in [5.74, 6) is 1.19. The van der Waals surface area contributed by atoms with Crippen LogP contribution in [-0.4, -0.2) is 64.7 Å². The SMILES string of the molecule is CCCCC(=O)N1CCN(c2cc(Cl)nc(SCC(=O)NCCC)n2)C[C@H]1C. The highest BCUT2D eigenvalue weighted by Gasteiger charge is 2.28. The van der Waals surface area contributed by atoms with Crippen molar-refractivity contribution in [2.75, 3.05) is 36.8 Å². The first-order chi connectivity index (χ1) is 13.4. The van der Waals surface area contributed by atoms with E-state index < -0.39 is 0 Å². The number of piperazine rings is 1. The summed E-state index contributed by atoms with van der Waals surface area (Å²) in [4.78, 5) is 37.0. The first-order valence-electron chi connectivity index (χ1n) is 9.93. The summed E-state index contributed by atoms with van der Waals surface area (Å²) in [6.45, 7) is 8.91. The molecule has 1 saturated heterocycles. The zero-order chi connectivity index (χ0) is 20.5. The molecule has 2 rings (SSSR count). The van der Waals surface area contributed by atoms with Crippen LogP contribution in [0, 0.1) is 0 Å². The van der Waals surface area contributed by atoms with Crippen molar-refractivity contribution >= 4 is 41.0 Å². The van der Waals surface area contributed by atoms with Crippen LogP contribution < -0.4 is 10.2 Å². The summed E-state index contributed by atoms with van der Waals surface area (Å²) < 4.78 is 0. The molecule has 156 valence electrons. The van der Waals surface area contributed by atoms with Gasteiger partial charge in [-0.1, -0.05) is 43.6 Å². The molecule has 2 amide bonds. The molecule has 9 heteroatoms. The molecular formula is C19H30ClN5O2S. The zero-order valence-electron chi connectivity index (χ0n) is 16.9.